The fourth-order valence-electron chi connectivity index (χ4n) is 3.62. The molecule has 0 radical (unpaired) electrons. The maximum absolute atomic E-state index is 12.7. The molecule has 1 saturated carbocycles. The maximum atomic E-state index is 12.7. The Hall–Kier alpha value is -2.55. The predicted molar refractivity (Wildman–Crippen MR) is 97.4 cm³/mol. The fraction of sp³-hybridized carbons (Fsp3) is 0.286. The summed E-state index contributed by atoms with van der Waals surface area (Å²) in [5, 5.41) is 1.28. The molecule has 122 valence electrons. The number of nitrogens with one attached hydrogen (secondary N) is 1. The highest BCUT2D eigenvalue weighted by Gasteiger charge is 2.47. The first-order valence-electron chi connectivity index (χ1n) is 8.48. The van der Waals surface area contributed by atoms with Gasteiger partial charge in [-0.05, 0) is 43.5 Å². The Labute approximate surface area is 142 Å². The third kappa shape index (κ3) is 2.50. The highest BCUT2D eigenvalue weighted by atomic mass is 16.2. The van der Waals surface area contributed by atoms with E-state index in [1.54, 1.807) is 0 Å². The molecule has 3 heteroatoms. The smallest absolute Gasteiger partial charge is 0.253 e. The number of carbonyl (C=O) groups excluding carboxylic acids is 1. The Balaban J connectivity index is 1.58. The summed E-state index contributed by atoms with van der Waals surface area (Å²) in [4.78, 5) is 18.0. The van der Waals surface area contributed by atoms with Crippen molar-refractivity contribution in [2.45, 2.75) is 25.2 Å². The number of aryl methyl sites for hydroxylation is 1. The van der Waals surface area contributed by atoms with Gasteiger partial charge in [-0.2, -0.15) is 0 Å². The zero-order valence-corrected chi connectivity index (χ0v) is 14.2. The van der Waals surface area contributed by atoms with Crippen LogP contribution in [0, 0.1) is 6.92 Å². The minimum Gasteiger partial charge on any atom is -0.361 e. The molecule has 1 aromatic heterocycles. The van der Waals surface area contributed by atoms with Crippen LogP contribution in [0.4, 0.5) is 0 Å². The molecule has 0 spiro atoms. The summed E-state index contributed by atoms with van der Waals surface area (Å²) in [6.45, 7) is 2.80. The third-order valence-corrected chi connectivity index (χ3v) is 5.20. The molecule has 1 N–H and O–H groups in total. The number of H-pyrrole nitrogens is 1. The first-order valence-corrected chi connectivity index (χ1v) is 8.48. The first-order chi connectivity index (χ1) is 11.6. The van der Waals surface area contributed by atoms with Crippen LogP contribution in [0.5, 0.6) is 0 Å². The van der Waals surface area contributed by atoms with E-state index in [2.05, 4.69) is 35.4 Å². The van der Waals surface area contributed by atoms with Gasteiger partial charge in [-0.15, -0.1) is 0 Å². The van der Waals surface area contributed by atoms with Crippen LogP contribution in [-0.4, -0.2) is 29.4 Å². The number of hydrogen-bond donors (Lipinski definition) is 1. The van der Waals surface area contributed by atoms with Crippen LogP contribution in [0.2, 0.25) is 0 Å². The lowest BCUT2D eigenvalue weighted by Crippen LogP contribution is -2.34. The Morgan fingerprint density at radius 1 is 1.12 bits per heavy atom. The number of hydrogen-bond acceptors (Lipinski definition) is 1. The zero-order chi connectivity index (χ0) is 16.7. The lowest BCUT2D eigenvalue weighted by Gasteiger charge is -2.24. The van der Waals surface area contributed by atoms with Gasteiger partial charge in [0.25, 0.3) is 5.91 Å². The summed E-state index contributed by atoms with van der Waals surface area (Å²) in [6.07, 6.45) is 4.41. The average Bonchev–Trinajstić information content (AvgIpc) is 3.23. The van der Waals surface area contributed by atoms with Gasteiger partial charge in [0.15, 0.2) is 0 Å². The molecular formula is C21H22N2O. The van der Waals surface area contributed by atoms with E-state index in [0.29, 0.717) is 0 Å². The van der Waals surface area contributed by atoms with Crippen LogP contribution in [0.3, 0.4) is 0 Å². The number of aromatic nitrogens is 1. The quantitative estimate of drug-likeness (QED) is 0.766. The summed E-state index contributed by atoms with van der Waals surface area (Å²) in [5.41, 5.74) is 4.56. The van der Waals surface area contributed by atoms with Gasteiger partial charge in [-0.3, -0.25) is 4.79 Å². The number of likely N-dealkylation sites (N-methyl/N-ethyl adjacent to an activating group) is 1. The fourth-order valence-corrected chi connectivity index (χ4v) is 3.62. The second-order valence-electron chi connectivity index (χ2n) is 7.06. The Kier molecular flexibility index (Phi) is 3.45. The topological polar surface area (TPSA) is 36.1 Å². The van der Waals surface area contributed by atoms with Crippen molar-refractivity contribution in [2.75, 3.05) is 13.6 Å². The number of benzene rings is 2. The molecule has 1 heterocycles. The lowest BCUT2D eigenvalue weighted by atomic mass is 9.94. The molecule has 0 bridgehead atoms. The van der Waals surface area contributed by atoms with Crippen LogP contribution in [0.25, 0.3) is 10.9 Å². The summed E-state index contributed by atoms with van der Waals surface area (Å²) in [6, 6.07) is 16.2. The molecule has 1 aliphatic rings. The van der Waals surface area contributed by atoms with Crippen molar-refractivity contribution in [3.63, 3.8) is 0 Å². The van der Waals surface area contributed by atoms with Crippen LogP contribution >= 0.6 is 0 Å². The van der Waals surface area contributed by atoms with Crippen LogP contribution in [-0.2, 0) is 5.41 Å². The molecule has 0 saturated heterocycles. The van der Waals surface area contributed by atoms with E-state index in [0.717, 1.165) is 24.9 Å². The Morgan fingerprint density at radius 3 is 2.54 bits per heavy atom. The molecule has 2 aromatic carbocycles. The molecule has 4 rings (SSSR count). The van der Waals surface area contributed by atoms with Gasteiger partial charge in [0.05, 0.1) is 0 Å². The number of fused-ring (bicyclic) bond motifs is 1. The molecule has 24 heavy (non-hydrogen) atoms. The van der Waals surface area contributed by atoms with Crippen molar-refractivity contribution in [1.82, 2.24) is 9.88 Å². The van der Waals surface area contributed by atoms with E-state index in [1.165, 1.54) is 22.0 Å². The summed E-state index contributed by atoms with van der Waals surface area (Å²) in [5.74, 6) is 0.0983. The first kappa shape index (κ1) is 15.0. The number of amides is 1. The number of para-hydroxylation sites is 1. The van der Waals surface area contributed by atoms with E-state index >= 15 is 0 Å². The standard InChI is InChI=1S/C21H22N2O/c1-15-7-9-16(10-8-15)20(24)23(2)14-21(11-12-21)18-13-22-19-6-4-3-5-17(18)19/h3-10,13,22H,11-12,14H2,1-2H3. The van der Waals surface area contributed by atoms with Crippen molar-refractivity contribution in [3.8, 4) is 0 Å². The highest BCUT2D eigenvalue weighted by molar-refractivity contribution is 5.94. The summed E-state index contributed by atoms with van der Waals surface area (Å²) < 4.78 is 0. The van der Waals surface area contributed by atoms with Crippen molar-refractivity contribution >= 4 is 16.8 Å². The average molecular weight is 318 g/mol. The van der Waals surface area contributed by atoms with E-state index in [9.17, 15) is 4.79 Å². The van der Waals surface area contributed by atoms with E-state index in [-0.39, 0.29) is 11.3 Å². The van der Waals surface area contributed by atoms with Crippen molar-refractivity contribution < 1.29 is 4.79 Å². The molecule has 1 amide bonds. The van der Waals surface area contributed by atoms with E-state index < -0.39 is 0 Å². The van der Waals surface area contributed by atoms with Gasteiger partial charge in [0.2, 0.25) is 0 Å². The lowest BCUT2D eigenvalue weighted by molar-refractivity contribution is 0.0781. The molecule has 1 aliphatic carbocycles. The second kappa shape index (κ2) is 5.52. The van der Waals surface area contributed by atoms with E-state index in [1.807, 2.05) is 43.1 Å². The third-order valence-electron chi connectivity index (χ3n) is 5.20. The molecule has 0 atom stereocenters. The minimum absolute atomic E-state index is 0.0983. The van der Waals surface area contributed by atoms with Gasteiger partial charge in [0.1, 0.15) is 0 Å². The van der Waals surface area contributed by atoms with Crippen molar-refractivity contribution in [1.29, 1.82) is 0 Å². The van der Waals surface area contributed by atoms with E-state index in [4.69, 9.17) is 0 Å². The molecule has 0 unspecified atom stereocenters. The zero-order valence-electron chi connectivity index (χ0n) is 14.2. The van der Waals surface area contributed by atoms with Gasteiger partial charge < -0.3 is 9.88 Å². The van der Waals surface area contributed by atoms with Crippen LogP contribution in [0.1, 0.15) is 34.3 Å². The second-order valence-corrected chi connectivity index (χ2v) is 7.06. The number of aromatic amines is 1. The monoisotopic (exact) mass is 318 g/mol. The van der Waals surface area contributed by atoms with Crippen LogP contribution in [0.15, 0.2) is 54.7 Å². The molecule has 3 nitrogen and oxygen atoms in total. The molecule has 3 aromatic rings. The van der Waals surface area contributed by atoms with Crippen molar-refractivity contribution in [2.24, 2.45) is 0 Å². The van der Waals surface area contributed by atoms with Gasteiger partial charge >= 0.3 is 0 Å². The number of nitrogens with zero attached hydrogens (tertiary/aromatic N) is 1. The Morgan fingerprint density at radius 2 is 1.83 bits per heavy atom. The highest BCUT2D eigenvalue weighted by Crippen LogP contribution is 2.50. The number of rotatable bonds is 4. The maximum Gasteiger partial charge on any atom is 0.253 e. The van der Waals surface area contributed by atoms with Gasteiger partial charge in [-0.25, -0.2) is 0 Å². The van der Waals surface area contributed by atoms with Gasteiger partial charge in [-0.1, -0.05) is 35.9 Å². The summed E-state index contributed by atoms with van der Waals surface area (Å²) in [7, 11) is 1.91. The molecule has 0 aliphatic heterocycles. The molecule has 1 fully saturated rings. The normalized spacial score (nSPS) is 15.4. The Bertz CT molecular complexity index is 888. The van der Waals surface area contributed by atoms with Crippen molar-refractivity contribution in [3.05, 3.63) is 71.4 Å². The minimum atomic E-state index is 0.0983. The van der Waals surface area contributed by atoms with Crippen LogP contribution < -0.4 is 0 Å². The SMILES string of the molecule is Cc1ccc(C(=O)N(C)CC2(c3c[nH]c4ccccc34)CC2)cc1. The predicted octanol–water partition coefficient (Wildman–Crippen LogP) is 4.28. The summed E-state index contributed by atoms with van der Waals surface area (Å²) >= 11 is 0. The van der Waals surface area contributed by atoms with Gasteiger partial charge in [0, 0.05) is 41.7 Å². The molecular weight excluding hydrogens is 296 g/mol. The number of carbonyl (C=O) groups is 1. The largest absolute Gasteiger partial charge is 0.361 e.